The summed E-state index contributed by atoms with van der Waals surface area (Å²) in [6, 6.07) is 0. The van der Waals surface area contributed by atoms with Crippen molar-refractivity contribution in [2.75, 3.05) is 0 Å². The number of aliphatic carboxylic acids is 1. The van der Waals surface area contributed by atoms with E-state index in [1.165, 1.54) is 44.9 Å². The van der Waals surface area contributed by atoms with Crippen molar-refractivity contribution < 1.29 is 9.90 Å². The van der Waals surface area contributed by atoms with Gasteiger partial charge in [-0.3, -0.25) is 4.79 Å². The molecule has 114 valence electrons. The van der Waals surface area contributed by atoms with E-state index in [9.17, 15) is 4.79 Å². The maximum Gasteiger partial charge on any atom is 0.303 e. The molecule has 1 rings (SSSR count). The van der Waals surface area contributed by atoms with Crippen molar-refractivity contribution in [1.29, 1.82) is 0 Å². The Balaban J connectivity index is 2.21. The summed E-state index contributed by atoms with van der Waals surface area (Å²) in [5, 5.41) is 8.58. The van der Waals surface area contributed by atoms with Gasteiger partial charge in [0.1, 0.15) is 0 Å². The zero-order valence-corrected chi connectivity index (χ0v) is 12.9. The lowest BCUT2D eigenvalue weighted by Gasteiger charge is -2.13. The number of carboxylic acid groups (broad SMARTS) is 1. The van der Waals surface area contributed by atoms with E-state index in [1.807, 2.05) is 6.08 Å². The van der Waals surface area contributed by atoms with Crippen LogP contribution >= 0.6 is 0 Å². The molecule has 0 aromatic heterocycles. The first-order chi connectivity index (χ1) is 9.74. The summed E-state index contributed by atoms with van der Waals surface area (Å²) in [6.45, 7) is 2.24. The second-order valence-corrected chi connectivity index (χ2v) is 5.92. The highest BCUT2D eigenvalue weighted by molar-refractivity contribution is 5.66. The average Bonchev–Trinajstić information content (AvgIpc) is 2.85. The molecule has 20 heavy (non-hydrogen) atoms. The highest BCUT2D eigenvalue weighted by atomic mass is 16.4. The Kier molecular flexibility index (Phi) is 9.10. The third-order valence-electron chi connectivity index (χ3n) is 4.21. The van der Waals surface area contributed by atoms with Gasteiger partial charge in [-0.2, -0.15) is 0 Å². The van der Waals surface area contributed by atoms with Crippen LogP contribution in [-0.4, -0.2) is 11.1 Å². The largest absolute Gasteiger partial charge is 0.481 e. The van der Waals surface area contributed by atoms with Gasteiger partial charge in [0.15, 0.2) is 0 Å². The molecule has 1 saturated carbocycles. The molecule has 0 aromatic rings. The minimum Gasteiger partial charge on any atom is -0.481 e. The van der Waals surface area contributed by atoms with Crippen LogP contribution in [0.2, 0.25) is 0 Å². The van der Waals surface area contributed by atoms with Crippen LogP contribution in [0.4, 0.5) is 0 Å². The fourth-order valence-electron chi connectivity index (χ4n) is 2.99. The number of hydrogen-bond donors (Lipinski definition) is 1. The number of rotatable bonds is 10. The number of hydrogen-bond acceptors (Lipinski definition) is 1. The Morgan fingerprint density at radius 2 is 2.00 bits per heavy atom. The quantitative estimate of drug-likeness (QED) is 0.432. The molecule has 0 aliphatic heterocycles. The third-order valence-corrected chi connectivity index (χ3v) is 4.21. The maximum atomic E-state index is 10.4. The number of carboxylic acids is 1. The van der Waals surface area contributed by atoms with Crippen LogP contribution in [0.25, 0.3) is 0 Å². The molecule has 2 heteroatoms. The third kappa shape index (κ3) is 7.52. The molecule has 2 nitrogen and oxygen atoms in total. The van der Waals surface area contributed by atoms with E-state index in [-0.39, 0.29) is 6.42 Å². The van der Waals surface area contributed by atoms with Crippen molar-refractivity contribution in [2.45, 2.75) is 71.1 Å². The minimum absolute atomic E-state index is 0.252. The standard InChI is InChI=1S/C18H30O2/c1-2-3-4-5-7-11-16-13-10-14-17(16)12-8-6-9-15-18(19)20/h6-8,11,16-17H,2-5,9-10,12-15H2,1H3,(H,19,20)/b8-6-,11-7+/t16-,17-/m0/s1. The molecule has 0 amide bonds. The fourth-order valence-corrected chi connectivity index (χ4v) is 2.99. The normalized spacial score (nSPS) is 23.1. The minimum atomic E-state index is -0.705. The summed E-state index contributed by atoms with van der Waals surface area (Å²) >= 11 is 0. The Bertz CT molecular complexity index is 317. The van der Waals surface area contributed by atoms with Crippen LogP contribution in [0.1, 0.15) is 71.1 Å². The van der Waals surface area contributed by atoms with Gasteiger partial charge in [-0.05, 0) is 50.4 Å². The second kappa shape index (κ2) is 10.7. The molecule has 1 N–H and O–H groups in total. The molecule has 1 aliphatic carbocycles. The lowest BCUT2D eigenvalue weighted by Crippen LogP contribution is -2.03. The lowest BCUT2D eigenvalue weighted by atomic mass is 9.92. The SMILES string of the molecule is CCCCC/C=C/[C@H]1CCC[C@@H]1C/C=C\CCC(=O)O. The van der Waals surface area contributed by atoms with Gasteiger partial charge in [-0.25, -0.2) is 0 Å². The summed E-state index contributed by atoms with van der Waals surface area (Å²) in [4.78, 5) is 10.4. The monoisotopic (exact) mass is 278 g/mol. The van der Waals surface area contributed by atoms with Crippen molar-refractivity contribution >= 4 is 5.97 Å². The Hall–Kier alpha value is -1.05. The first-order valence-electron chi connectivity index (χ1n) is 8.27. The highest BCUT2D eigenvalue weighted by Gasteiger charge is 2.23. The molecule has 0 bridgehead atoms. The predicted molar refractivity (Wildman–Crippen MR) is 84.7 cm³/mol. The van der Waals surface area contributed by atoms with Crippen molar-refractivity contribution in [2.24, 2.45) is 11.8 Å². The molecule has 1 fully saturated rings. The van der Waals surface area contributed by atoms with Gasteiger partial charge in [0.2, 0.25) is 0 Å². The van der Waals surface area contributed by atoms with E-state index in [2.05, 4.69) is 25.2 Å². The molecule has 1 aliphatic rings. The lowest BCUT2D eigenvalue weighted by molar-refractivity contribution is -0.136. The first-order valence-corrected chi connectivity index (χ1v) is 8.27. The van der Waals surface area contributed by atoms with Crippen molar-refractivity contribution in [3.05, 3.63) is 24.3 Å². The molecule has 0 unspecified atom stereocenters. The molecule has 0 saturated heterocycles. The molecule has 0 aromatic carbocycles. The number of unbranched alkanes of at least 4 members (excludes halogenated alkanes) is 3. The average molecular weight is 278 g/mol. The van der Waals surface area contributed by atoms with E-state index in [0.29, 0.717) is 6.42 Å². The van der Waals surface area contributed by atoms with E-state index in [4.69, 9.17) is 5.11 Å². The molecule has 2 atom stereocenters. The summed E-state index contributed by atoms with van der Waals surface area (Å²) in [6.07, 6.45) is 20.3. The molecular formula is C18H30O2. The van der Waals surface area contributed by atoms with Gasteiger partial charge in [0, 0.05) is 6.42 Å². The van der Waals surface area contributed by atoms with Gasteiger partial charge in [-0.15, -0.1) is 0 Å². The number of allylic oxidation sites excluding steroid dienone is 4. The first kappa shape index (κ1) is 17.0. The van der Waals surface area contributed by atoms with Crippen LogP contribution in [0, 0.1) is 11.8 Å². The summed E-state index contributed by atoms with van der Waals surface area (Å²) in [7, 11) is 0. The molecule has 0 spiro atoms. The Morgan fingerprint density at radius 3 is 2.75 bits per heavy atom. The topological polar surface area (TPSA) is 37.3 Å². The Morgan fingerprint density at radius 1 is 1.15 bits per heavy atom. The van der Waals surface area contributed by atoms with Crippen LogP contribution in [0.5, 0.6) is 0 Å². The van der Waals surface area contributed by atoms with Gasteiger partial charge >= 0.3 is 5.97 Å². The van der Waals surface area contributed by atoms with E-state index in [0.717, 1.165) is 18.3 Å². The van der Waals surface area contributed by atoms with E-state index < -0.39 is 5.97 Å². The predicted octanol–water partition coefficient (Wildman–Crippen LogP) is 5.35. The molecular weight excluding hydrogens is 248 g/mol. The van der Waals surface area contributed by atoms with Gasteiger partial charge < -0.3 is 5.11 Å². The smallest absolute Gasteiger partial charge is 0.303 e. The summed E-state index contributed by atoms with van der Waals surface area (Å²) in [5.74, 6) is 0.822. The van der Waals surface area contributed by atoms with Crippen LogP contribution < -0.4 is 0 Å². The summed E-state index contributed by atoms with van der Waals surface area (Å²) < 4.78 is 0. The van der Waals surface area contributed by atoms with Crippen molar-refractivity contribution in [1.82, 2.24) is 0 Å². The Labute approximate surface area is 124 Å². The van der Waals surface area contributed by atoms with Gasteiger partial charge in [0.25, 0.3) is 0 Å². The zero-order valence-electron chi connectivity index (χ0n) is 12.9. The van der Waals surface area contributed by atoms with Crippen LogP contribution in [0.15, 0.2) is 24.3 Å². The fraction of sp³-hybridized carbons (Fsp3) is 0.722. The van der Waals surface area contributed by atoms with Crippen molar-refractivity contribution in [3.63, 3.8) is 0 Å². The zero-order chi connectivity index (χ0) is 14.6. The second-order valence-electron chi connectivity index (χ2n) is 5.92. The van der Waals surface area contributed by atoms with Crippen LogP contribution in [0.3, 0.4) is 0 Å². The summed E-state index contributed by atoms with van der Waals surface area (Å²) in [5.41, 5.74) is 0. The molecule has 0 heterocycles. The van der Waals surface area contributed by atoms with Gasteiger partial charge in [0.05, 0.1) is 0 Å². The maximum absolute atomic E-state index is 10.4. The van der Waals surface area contributed by atoms with Crippen molar-refractivity contribution in [3.8, 4) is 0 Å². The molecule has 0 radical (unpaired) electrons. The van der Waals surface area contributed by atoms with Crippen LogP contribution in [-0.2, 0) is 4.79 Å². The highest BCUT2D eigenvalue weighted by Crippen LogP contribution is 2.35. The number of carbonyl (C=O) groups is 1. The van der Waals surface area contributed by atoms with Gasteiger partial charge in [-0.1, -0.05) is 50.5 Å². The van der Waals surface area contributed by atoms with E-state index in [1.54, 1.807) is 0 Å². The van der Waals surface area contributed by atoms with E-state index >= 15 is 0 Å².